The molecule has 0 atom stereocenters. The number of thioether (sulfide) groups is 1. The Morgan fingerprint density at radius 2 is 1.88 bits per heavy atom. The van der Waals surface area contributed by atoms with Gasteiger partial charge >= 0.3 is 5.97 Å². The molecule has 0 spiro atoms. The third kappa shape index (κ3) is 4.25. The van der Waals surface area contributed by atoms with Crippen LogP contribution in [0.15, 0.2) is 64.9 Å². The third-order valence-electron chi connectivity index (χ3n) is 3.33. The lowest BCUT2D eigenvalue weighted by molar-refractivity contribution is -0.132. The van der Waals surface area contributed by atoms with E-state index in [1.165, 1.54) is 11.8 Å². The van der Waals surface area contributed by atoms with Gasteiger partial charge in [0.2, 0.25) is 10.2 Å². The maximum Gasteiger partial charge on any atom is 0.365 e. The number of ether oxygens (including phenoxy) is 1. The molecule has 0 unspecified atom stereocenters. The highest BCUT2D eigenvalue weighted by Crippen LogP contribution is 2.21. The summed E-state index contributed by atoms with van der Waals surface area (Å²) in [5.41, 5.74) is 5.50. The minimum Gasteiger partial charge on any atom is -0.464 e. The molecule has 0 fully saturated rings. The van der Waals surface area contributed by atoms with Crippen molar-refractivity contribution in [1.29, 1.82) is 0 Å². The number of benzene rings is 2. The molecule has 2 aromatic carbocycles. The van der Waals surface area contributed by atoms with Crippen LogP contribution in [0.4, 0.5) is 5.69 Å². The maximum atomic E-state index is 12.1. The van der Waals surface area contributed by atoms with Gasteiger partial charge in [0.1, 0.15) is 0 Å². The number of anilines is 1. The molecule has 0 amide bonds. The van der Waals surface area contributed by atoms with Crippen molar-refractivity contribution >= 4 is 28.5 Å². The van der Waals surface area contributed by atoms with Gasteiger partial charge in [-0.25, -0.2) is 4.79 Å². The Hall–Kier alpha value is -3.20. The normalized spacial score (nSPS) is 11.2. The number of carbonyl (C=O) groups excluding carboxylic acids is 1. The molecule has 0 saturated heterocycles. The van der Waals surface area contributed by atoms with E-state index >= 15 is 0 Å². The Balaban J connectivity index is 1.84. The van der Waals surface area contributed by atoms with Crippen molar-refractivity contribution in [2.75, 3.05) is 12.5 Å². The lowest BCUT2D eigenvalue weighted by atomic mass is 10.2. The van der Waals surface area contributed by atoms with Crippen LogP contribution < -0.4 is 5.43 Å². The van der Waals surface area contributed by atoms with Crippen LogP contribution in [0.2, 0.25) is 0 Å². The maximum absolute atomic E-state index is 12.1. The number of esters is 1. The molecule has 3 aromatic rings. The molecule has 26 heavy (non-hydrogen) atoms. The number of rotatable bonds is 4. The van der Waals surface area contributed by atoms with Crippen LogP contribution in [0.3, 0.4) is 0 Å². The first-order valence-corrected chi connectivity index (χ1v) is 8.49. The van der Waals surface area contributed by atoms with E-state index in [2.05, 4.69) is 26.1 Å². The molecule has 9 heteroatoms. The Morgan fingerprint density at radius 1 is 1.15 bits per heavy atom. The number of aromatic nitrogens is 4. The predicted molar refractivity (Wildman–Crippen MR) is 99.3 cm³/mol. The fourth-order valence-electron chi connectivity index (χ4n) is 2.00. The smallest absolute Gasteiger partial charge is 0.365 e. The summed E-state index contributed by atoms with van der Waals surface area (Å²) < 4.78 is 6.33. The lowest BCUT2D eigenvalue weighted by Gasteiger charge is -2.06. The number of hydrogen-bond acceptors (Lipinski definition) is 8. The van der Waals surface area contributed by atoms with Crippen LogP contribution in [-0.4, -0.2) is 38.3 Å². The first-order valence-electron chi connectivity index (χ1n) is 7.67. The van der Waals surface area contributed by atoms with Crippen molar-refractivity contribution in [3.63, 3.8) is 0 Å². The van der Waals surface area contributed by atoms with Gasteiger partial charge in [0.15, 0.2) is 0 Å². The van der Waals surface area contributed by atoms with Crippen LogP contribution in [0.5, 0.6) is 0 Å². The van der Waals surface area contributed by atoms with Crippen molar-refractivity contribution < 1.29 is 9.53 Å². The average molecular weight is 368 g/mol. The average Bonchev–Trinajstić information content (AvgIpc) is 3.14. The molecule has 3 rings (SSSR count). The van der Waals surface area contributed by atoms with Gasteiger partial charge in [0.25, 0.3) is 0 Å². The molecule has 0 radical (unpaired) electrons. The summed E-state index contributed by atoms with van der Waals surface area (Å²) in [5, 5.41) is 16.2. The van der Waals surface area contributed by atoms with Crippen molar-refractivity contribution in [1.82, 2.24) is 20.2 Å². The van der Waals surface area contributed by atoms with E-state index in [4.69, 9.17) is 4.74 Å². The Labute approximate surface area is 154 Å². The van der Waals surface area contributed by atoms with Crippen molar-refractivity contribution in [2.24, 2.45) is 5.10 Å². The number of nitrogens with zero attached hydrogens (tertiary/aromatic N) is 5. The number of hydrazone groups is 1. The second-order valence-electron chi connectivity index (χ2n) is 5.20. The zero-order valence-corrected chi connectivity index (χ0v) is 15.0. The molecular weight excluding hydrogens is 352 g/mol. The third-order valence-corrected chi connectivity index (χ3v) is 4.22. The van der Waals surface area contributed by atoms with E-state index in [0.29, 0.717) is 5.16 Å². The zero-order valence-electron chi connectivity index (χ0n) is 14.2. The van der Waals surface area contributed by atoms with Crippen LogP contribution in [0.25, 0.3) is 5.69 Å². The van der Waals surface area contributed by atoms with Crippen LogP contribution in [-0.2, 0) is 9.53 Å². The van der Waals surface area contributed by atoms with E-state index in [1.54, 1.807) is 0 Å². The summed E-state index contributed by atoms with van der Waals surface area (Å²) in [7, 11) is 1.30. The highest BCUT2D eigenvalue weighted by Gasteiger charge is 2.19. The first kappa shape index (κ1) is 17.6. The van der Waals surface area contributed by atoms with Gasteiger partial charge in [-0.05, 0) is 53.4 Å². The van der Waals surface area contributed by atoms with Gasteiger partial charge < -0.3 is 4.74 Å². The van der Waals surface area contributed by atoms with E-state index in [1.807, 2.05) is 61.5 Å². The molecule has 0 bridgehead atoms. The van der Waals surface area contributed by atoms with Crippen LogP contribution >= 0.6 is 11.8 Å². The minimum atomic E-state index is -0.586. The minimum absolute atomic E-state index is 0.0834. The lowest BCUT2D eigenvalue weighted by Crippen LogP contribution is -2.15. The van der Waals surface area contributed by atoms with Gasteiger partial charge in [0.05, 0.1) is 18.5 Å². The fourth-order valence-corrected chi connectivity index (χ4v) is 2.74. The molecule has 0 aliphatic carbocycles. The number of tetrazole rings is 1. The highest BCUT2D eigenvalue weighted by atomic mass is 32.2. The Kier molecular flexibility index (Phi) is 5.59. The van der Waals surface area contributed by atoms with E-state index in [-0.39, 0.29) is 5.04 Å². The number of aryl methyl sites for hydroxylation is 1. The summed E-state index contributed by atoms with van der Waals surface area (Å²) in [4.78, 5) is 12.1. The number of nitrogens with one attached hydrogen (secondary N) is 1. The van der Waals surface area contributed by atoms with Crippen LogP contribution in [0, 0.1) is 6.92 Å². The van der Waals surface area contributed by atoms with Gasteiger partial charge in [-0.15, -0.1) is 5.10 Å². The fraction of sp³-hybridized carbons (Fsp3) is 0.118. The molecule has 1 aromatic heterocycles. The van der Waals surface area contributed by atoms with Gasteiger partial charge in [-0.2, -0.15) is 9.78 Å². The Morgan fingerprint density at radius 3 is 2.58 bits per heavy atom. The summed E-state index contributed by atoms with van der Waals surface area (Å²) in [6, 6.07) is 17.0. The number of hydrogen-bond donors (Lipinski definition) is 1. The number of para-hydroxylation sites is 1. The second-order valence-corrected chi connectivity index (χ2v) is 6.15. The second kappa shape index (κ2) is 8.26. The quantitative estimate of drug-likeness (QED) is 0.249. The first-order chi connectivity index (χ1) is 12.7. The van der Waals surface area contributed by atoms with Crippen LogP contribution in [0.1, 0.15) is 5.56 Å². The van der Waals surface area contributed by atoms with E-state index in [9.17, 15) is 4.79 Å². The molecule has 0 aliphatic rings. The topological polar surface area (TPSA) is 94.3 Å². The summed E-state index contributed by atoms with van der Waals surface area (Å²) >= 11 is 1.01. The standard InChI is InChI=1S/C17H16N6O2S/c1-12-8-10-13(11-9-12)18-19-15(16(24)25-2)26-17-20-21-22-23(17)14-6-4-3-5-7-14/h3-11,18H,1-2H3. The van der Waals surface area contributed by atoms with Gasteiger partial charge in [-0.1, -0.05) is 35.9 Å². The monoisotopic (exact) mass is 368 g/mol. The van der Waals surface area contributed by atoms with Gasteiger partial charge in [-0.3, -0.25) is 5.43 Å². The predicted octanol–water partition coefficient (Wildman–Crippen LogP) is 2.66. The van der Waals surface area contributed by atoms with E-state index < -0.39 is 5.97 Å². The molecular formula is C17H16N6O2S. The molecule has 132 valence electrons. The zero-order chi connectivity index (χ0) is 18.4. The SMILES string of the molecule is COC(=O)C(=NNc1ccc(C)cc1)Sc1nnnn1-c1ccccc1. The summed E-state index contributed by atoms with van der Waals surface area (Å²) in [6.45, 7) is 1.99. The number of methoxy groups -OCH3 is 1. The van der Waals surface area contributed by atoms with Crippen molar-refractivity contribution in [3.8, 4) is 5.69 Å². The van der Waals surface area contributed by atoms with E-state index in [0.717, 1.165) is 28.7 Å². The van der Waals surface area contributed by atoms with Crippen molar-refractivity contribution in [2.45, 2.75) is 12.1 Å². The number of carbonyl (C=O) groups is 1. The molecule has 0 aliphatic heterocycles. The molecule has 8 nitrogen and oxygen atoms in total. The Bertz CT molecular complexity index is 909. The molecule has 1 N–H and O–H groups in total. The molecule has 1 heterocycles. The largest absolute Gasteiger partial charge is 0.464 e. The van der Waals surface area contributed by atoms with Crippen molar-refractivity contribution in [3.05, 3.63) is 60.2 Å². The molecule has 0 saturated carbocycles. The summed E-state index contributed by atoms with van der Waals surface area (Å²) in [5.74, 6) is -0.586. The summed E-state index contributed by atoms with van der Waals surface area (Å²) in [6.07, 6.45) is 0. The van der Waals surface area contributed by atoms with Gasteiger partial charge in [0, 0.05) is 0 Å². The highest BCUT2D eigenvalue weighted by molar-refractivity contribution is 8.15.